The van der Waals surface area contributed by atoms with Crippen LogP contribution < -0.4 is 5.32 Å². The van der Waals surface area contributed by atoms with Crippen molar-refractivity contribution >= 4 is 27.3 Å². The highest BCUT2D eigenvalue weighted by molar-refractivity contribution is 9.10. The summed E-state index contributed by atoms with van der Waals surface area (Å²) in [7, 11) is 0. The van der Waals surface area contributed by atoms with Crippen LogP contribution in [-0.2, 0) is 6.54 Å². The molecule has 25 heavy (non-hydrogen) atoms. The van der Waals surface area contributed by atoms with E-state index in [9.17, 15) is 0 Å². The SMILES string of the molecule is [C-]#[N+]c1ccc(NC2CCn3nnc(C)c3-c3ccc(Br)cc32)cc1. The van der Waals surface area contributed by atoms with Crippen LogP contribution in [0, 0.1) is 13.5 Å². The summed E-state index contributed by atoms with van der Waals surface area (Å²) < 4.78 is 3.05. The molecule has 4 rings (SSSR count). The van der Waals surface area contributed by atoms with E-state index in [-0.39, 0.29) is 6.04 Å². The van der Waals surface area contributed by atoms with Gasteiger partial charge in [0.25, 0.3) is 0 Å². The van der Waals surface area contributed by atoms with Gasteiger partial charge in [-0.1, -0.05) is 39.3 Å². The molecule has 3 aromatic rings. The van der Waals surface area contributed by atoms with Crippen LogP contribution in [0.25, 0.3) is 16.1 Å². The molecule has 0 amide bonds. The predicted molar refractivity (Wildman–Crippen MR) is 102 cm³/mol. The van der Waals surface area contributed by atoms with Crippen LogP contribution in [0.4, 0.5) is 11.4 Å². The van der Waals surface area contributed by atoms with Crippen LogP contribution >= 0.6 is 15.9 Å². The Balaban J connectivity index is 1.75. The lowest BCUT2D eigenvalue weighted by Crippen LogP contribution is -2.12. The van der Waals surface area contributed by atoms with E-state index in [1.807, 2.05) is 35.9 Å². The zero-order valence-electron chi connectivity index (χ0n) is 13.7. The van der Waals surface area contributed by atoms with Crippen LogP contribution in [0.3, 0.4) is 0 Å². The molecule has 1 N–H and O–H groups in total. The second-order valence-electron chi connectivity index (χ2n) is 6.12. The third-order valence-corrected chi connectivity index (χ3v) is 5.01. The fourth-order valence-electron chi connectivity index (χ4n) is 3.32. The minimum atomic E-state index is 0.160. The van der Waals surface area contributed by atoms with Gasteiger partial charge in [0.1, 0.15) is 0 Å². The number of benzene rings is 2. The number of fused-ring (bicyclic) bond motifs is 3. The molecule has 6 heteroatoms. The minimum absolute atomic E-state index is 0.160. The van der Waals surface area contributed by atoms with E-state index in [0.29, 0.717) is 5.69 Å². The topological polar surface area (TPSA) is 47.1 Å². The Morgan fingerprint density at radius 2 is 2.04 bits per heavy atom. The fraction of sp³-hybridized carbons (Fsp3) is 0.211. The molecule has 0 saturated heterocycles. The van der Waals surface area contributed by atoms with Crippen LogP contribution in [-0.4, -0.2) is 15.0 Å². The highest BCUT2D eigenvalue weighted by Crippen LogP contribution is 2.38. The summed E-state index contributed by atoms with van der Waals surface area (Å²) in [4.78, 5) is 3.45. The molecule has 0 radical (unpaired) electrons. The number of halogens is 1. The molecule has 0 aliphatic carbocycles. The highest BCUT2D eigenvalue weighted by Gasteiger charge is 2.25. The first-order valence-electron chi connectivity index (χ1n) is 8.09. The fourth-order valence-corrected chi connectivity index (χ4v) is 3.70. The molecular weight excluding hydrogens is 378 g/mol. The first-order chi connectivity index (χ1) is 12.2. The van der Waals surface area contributed by atoms with Crippen LogP contribution in [0.1, 0.15) is 23.7 Å². The number of rotatable bonds is 2. The van der Waals surface area contributed by atoms with Gasteiger partial charge >= 0.3 is 0 Å². The van der Waals surface area contributed by atoms with Crippen molar-refractivity contribution in [3.05, 3.63) is 69.6 Å². The Bertz CT molecular complexity index is 968. The Kier molecular flexibility index (Phi) is 4.02. The van der Waals surface area contributed by atoms with Crippen LogP contribution in [0.2, 0.25) is 0 Å². The molecular formula is C19H16BrN5. The van der Waals surface area contributed by atoms with Gasteiger partial charge in [0, 0.05) is 22.3 Å². The molecule has 2 heterocycles. The summed E-state index contributed by atoms with van der Waals surface area (Å²) in [6.45, 7) is 9.88. The van der Waals surface area contributed by atoms with Gasteiger partial charge in [-0.25, -0.2) is 9.53 Å². The second-order valence-corrected chi connectivity index (χ2v) is 7.04. The van der Waals surface area contributed by atoms with Gasteiger partial charge in [-0.3, -0.25) is 0 Å². The molecule has 2 aromatic carbocycles. The predicted octanol–water partition coefficient (Wildman–Crippen LogP) is 5.12. The molecule has 1 unspecified atom stereocenters. The van der Waals surface area contributed by atoms with E-state index < -0.39 is 0 Å². The summed E-state index contributed by atoms with van der Waals surface area (Å²) in [5, 5.41) is 12.2. The van der Waals surface area contributed by atoms with E-state index in [1.54, 1.807) is 0 Å². The van der Waals surface area contributed by atoms with Crippen LogP contribution in [0.5, 0.6) is 0 Å². The van der Waals surface area contributed by atoms with Gasteiger partial charge in [-0.15, -0.1) is 5.10 Å². The van der Waals surface area contributed by atoms with Crippen molar-refractivity contribution in [3.63, 3.8) is 0 Å². The lowest BCUT2D eigenvalue weighted by molar-refractivity contribution is 0.539. The lowest BCUT2D eigenvalue weighted by Gasteiger charge is -2.21. The molecule has 0 spiro atoms. The summed E-state index contributed by atoms with van der Waals surface area (Å²) in [6.07, 6.45) is 0.907. The summed E-state index contributed by atoms with van der Waals surface area (Å²) in [5.74, 6) is 0. The zero-order chi connectivity index (χ0) is 17.4. The molecule has 5 nitrogen and oxygen atoms in total. The van der Waals surface area contributed by atoms with E-state index in [2.05, 4.69) is 54.6 Å². The first kappa shape index (κ1) is 15.9. The Morgan fingerprint density at radius 1 is 1.24 bits per heavy atom. The van der Waals surface area contributed by atoms with Crippen molar-refractivity contribution in [2.75, 3.05) is 5.32 Å². The van der Waals surface area contributed by atoms with Crippen molar-refractivity contribution in [2.45, 2.75) is 25.9 Å². The monoisotopic (exact) mass is 393 g/mol. The summed E-state index contributed by atoms with van der Waals surface area (Å²) >= 11 is 3.60. The quantitative estimate of drug-likeness (QED) is 0.614. The third kappa shape index (κ3) is 2.92. The molecule has 1 aromatic heterocycles. The van der Waals surface area contributed by atoms with E-state index in [4.69, 9.17) is 6.57 Å². The van der Waals surface area contributed by atoms with E-state index in [1.165, 1.54) is 11.1 Å². The number of nitrogens with zero attached hydrogens (tertiary/aromatic N) is 4. The number of aromatic nitrogens is 3. The van der Waals surface area contributed by atoms with Gasteiger partial charge in [0.15, 0.2) is 5.69 Å². The standard InChI is InChI=1S/C19H16BrN5/c1-12-19-16-8-3-13(20)11-17(16)18(9-10-25(19)24-23-12)22-15-6-4-14(21-2)5-7-15/h3-8,11,18,22H,9-10H2,1H3. The second kappa shape index (κ2) is 6.34. The smallest absolute Gasteiger partial charge is 0.187 e. The van der Waals surface area contributed by atoms with Crippen LogP contribution in [0.15, 0.2) is 46.9 Å². The molecule has 1 atom stereocenters. The highest BCUT2D eigenvalue weighted by atomic mass is 79.9. The van der Waals surface area contributed by atoms with Gasteiger partial charge in [-0.05, 0) is 43.2 Å². The van der Waals surface area contributed by atoms with E-state index in [0.717, 1.165) is 34.5 Å². The molecule has 0 bridgehead atoms. The number of nitrogens with one attached hydrogen (secondary N) is 1. The van der Waals surface area contributed by atoms with Crippen molar-refractivity contribution in [1.29, 1.82) is 0 Å². The first-order valence-corrected chi connectivity index (χ1v) is 8.89. The maximum absolute atomic E-state index is 7.08. The normalized spacial score (nSPS) is 15.6. The average Bonchev–Trinajstić information content (AvgIpc) is 2.92. The maximum atomic E-state index is 7.08. The number of aryl methyl sites for hydroxylation is 2. The van der Waals surface area contributed by atoms with Gasteiger partial charge < -0.3 is 5.32 Å². The molecule has 1 aliphatic heterocycles. The number of hydrogen-bond acceptors (Lipinski definition) is 3. The molecule has 124 valence electrons. The van der Waals surface area contributed by atoms with Crippen molar-refractivity contribution < 1.29 is 0 Å². The largest absolute Gasteiger partial charge is 0.378 e. The van der Waals surface area contributed by atoms with Crippen molar-refractivity contribution in [3.8, 4) is 11.3 Å². The molecule has 0 saturated carbocycles. The summed E-state index contributed by atoms with van der Waals surface area (Å²) in [5.41, 5.74) is 6.10. The van der Waals surface area contributed by atoms with Gasteiger partial charge in [0.2, 0.25) is 0 Å². The number of anilines is 1. The average molecular weight is 394 g/mol. The zero-order valence-corrected chi connectivity index (χ0v) is 15.3. The Morgan fingerprint density at radius 3 is 2.80 bits per heavy atom. The van der Waals surface area contributed by atoms with Gasteiger partial charge in [0.05, 0.1) is 24.0 Å². The molecule has 0 fully saturated rings. The Hall–Kier alpha value is -2.65. The number of hydrogen-bond donors (Lipinski definition) is 1. The van der Waals surface area contributed by atoms with Gasteiger partial charge in [-0.2, -0.15) is 0 Å². The van der Waals surface area contributed by atoms with Crippen molar-refractivity contribution in [1.82, 2.24) is 15.0 Å². The minimum Gasteiger partial charge on any atom is -0.378 e. The molecule has 1 aliphatic rings. The summed E-state index contributed by atoms with van der Waals surface area (Å²) in [6, 6.07) is 14.1. The van der Waals surface area contributed by atoms with Crippen molar-refractivity contribution in [2.24, 2.45) is 0 Å². The Labute approximate surface area is 154 Å². The maximum Gasteiger partial charge on any atom is 0.187 e. The van der Waals surface area contributed by atoms with E-state index >= 15 is 0 Å². The lowest BCUT2D eigenvalue weighted by atomic mass is 9.96. The third-order valence-electron chi connectivity index (χ3n) is 4.51.